The zero-order valence-electron chi connectivity index (χ0n) is 14.8. The lowest BCUT2D eigenvalue weighted by molar-refractivity contribution is -0.132. The summed E-state index contributed by atoms with van der Waals surface area (Å²) in [4.78, 5) is 31.6. The fourth-order valence-corrected chi connectivity index (χ4v) is 3.62. The molecule has 7 heteroatoms. The summed E-state index contributed by atoms with van der Waals surface area (Å²) in [6.07, 6.45) is 6.45. The van der Waals surface area contributed by atoms with Crippen molar-refractivity contribution in [2.45, 2.75) is 50.7 Å². The largest absolute Gasteiger partial charge is 0.338 e. The average Bonchev–Trinajstić information content (AvgIpc) is 3.35. The van der Waals surface area contributed by atoms with E-state index in [2.05, 4.69) is 10.3 Å². The molecule has 1 N–H and O–H groups in total. The smallest absolute Gasteiger partial charge is 0.261 e. The first-order valence-corrected chi connectivity index (χ1v) is 9.19. The fraction of sp³-hybridized carbons (Fsp3) is 0.526. The van der Waals surface area contributed by atoms with E-state index in [0.717, 1.165) is 32.4 Å². The van der Waals surface area contributed by atoms with Gasteiger partial charge < -0.3 is 10.2 Å². The summed E-state index contributed by atoms with van der Waals surface area (Å²) in [5.41, 5.74) is 0.621. The van der Waals surface area contributed by atoms with Crippen LogP contribution in [0.25, 0.3) is 10.9 Å². The average molecular weight is 377 g/mol. The molecule has 0 bridgehead atoms. The second-order valence-corrected chi connectivity index (χ2v) is 7.08. The predicted molar refractivity (Wildman–Crippen MR) is 104 cm³/mol. The Hall–Kier alpha value is -1.92. The van der Waals surface area contributed by atoms with Crippen LogP contribution >= 0.6 is 12.4 Å². The zero-order valence-corrected chi connectivity index (χ0v) is 15.6. The number of hydrogen-bond donors (Lipinski definition) is 1. The third-order valence-electron chi connectivity index (χ3n) is 5.19. The van der Waals surface area contributed by atoms with Crippen molar-refractivity contribution in [3.8, 4) is 0 Å². The normalized spacial score (nSPS) is 19.3. The Morgan fingerprint density at radius 1 is 1.27 bits per heavy atom. The SMILES string of the molecule is Cl.O=C(CCn1cnc2ccccc2c1=O)N(CC1CCCN1)C1CC1. The van der Waals surface area contributed by atoms with Crippen LogP contribution < -0.4 is 10.9 Å². The van der Waals surface area contributed by atoms with Gasteiger partial charge in [-0.25, -0.2) is 4.98 Å². The molecule has 0 radical (unpaired) electrons. The van der Waals surface area contributed by atoms with E-state index in [9.17, 15) is 9.59 Å². The van der Waals surface area contributed by atoms with Crippen molar-refractivity contribution < 1.29 is 4.79 Å². The summed E-state index contributed by atoms with van der Waals surface area (Å²) in [7, 11) is 0. The zero-order chi connectivity index (χ0) is 17.2. The molecule has 1 aliphatic heterocycles. The van der Waals surface area contributed by atoms with Gasteiger partial charge in [-0.3, -0.25) is 14.2 Å². The highest BCUT2D eigenvalue weighted by molar-refractivity contribution is 5.85. The molecule has 1 unspecified atom stereocenters. The number of carbonyl (C=O) groups excluding carboxylic acids is 1. The van der Waals surface area contributed by atoms with Gasteiger partial charge in [0, 0.05) is 31.6 Å². The van der Waals surface area contributed by atoms with Gasteiger partial charge in [0.2, 0.25) is 5.91 Å². The predicted octanol–water partition coefficient (Wildman–Crippen LogP) is 1.95. The van der Waals surface area contributed by atoms with Crippen molar-refractivity contribution in [1.82, 2.24) is 19.8 Å². The van der Waals surface area contributed by atoms with Crippen LogP contribution in [0.5, 0.6) is 0 Å². The molecule has 2 aliphatic rings. The monoisotopic (exact) mass is 376 g/mol. The molecule has 1 aromatic heterocycles. The van der Waals surface area contributed by atoms with Crippen molar-refractivity contribution in [2.24, 2.45) is 0 Å². The van der Waals surface area contributed by atoms with Crippen molar-refractivity contribution in [2.75, 3.05) is 13.1 Å². The molecule has 6 nitrogen and oxygen atoms in total. The number of amides is 1. The van der Waals surface area contributed by atoms with Crippen molar-refractivity contribution in [3.05, 3.63) is 40.9 Å². The lowest BCUT2D eigenvalue weighted by Gasteiger charge is -2.26. The number of rotatable bonds is 6. The van der Waals surface area contributed by atoms with Crippen LogP contribution in [0.2, 0.25) is 0 Å². The molecule has 4 rings (SSSR count). The Kier molecular flexibility index (Phi) is 5.94. The number of aryl methyl sites for hydroxylation is 1. The number of fused-ring (bicyclic) bond motifs is 1. The molecule has 2 heterocycles. The van der Waals surface area contributed by atoms with Crippen LogP contribution in [0.15, 0.2) is 35.4 Å². The van der Waals surface area contributed by atoms with Gasteiger partial charge in [-0.1, -0.05) is 12.1 Å². The van der Waals surface area contributed by atoms with E-state index >= 15 is 0 Å². The maximum atomic E-state index is 12.7. The van der Waals surface area contributed by atoms with Gasteiger partial charge in [0.15, 0.2) is 0 Å². The maximum Gasteiger partial charge on any atom is 0.261 e. The van der Waals surface area contributed by atoms with Gasteiger partial charge in [0.1, 0.15) is 0 Å². The maximum absolute atomic E-state index is 12.7. The van der Waals surface area contributed by atoms with E-state index in [1.165, 1.54) is 6.42 Å². The molecule has 1 saturated heterocycles. The summed E-state index contributed by atoms with van der Waals surface area (Å²) >= 11 is 0. The number of para-hydroxylation sites is 1. The van der Waals surface area contributed by atoms with Crippen molar-refractivity contribution in [1.29, 1.82) is 0 Å². The van der Waals surface area contributed by atoms with E-state index in [0.29, 0.717) is 36.0 Å². The highest BCUT2D eigenvalue weighted by Crippen LogP contribution is 2.28. The van der Waals surface area contributed by atoms with Crippen LogP contribution in [0.4, 0.5) is 0 Å². The molecule has 1 atom stereocenters. The molecule has 2 aromatic rings. The molecular formula is C19H25ClN4O2. The van der Waals surface area contributed by atoms with Gasteiger partial charge in [-0.2, -0.15) is 0 Å². The number of hydrogen-bond acceptors (Lipinski definition) is 4. The first kappa shape index (κ1) is 18.9. The second-order valence-electron chi connectivity index (χ2n) is 7.08. The van der Waals surface area contributed by atoms with E-state index in [-0.39, 0.29) is 23.9 Å². The highest BCUT2D eigenvalue weighted by Gasteiger charge is 2.34. The Morgan fingerprint density at radius 2 is 2.08 bits per heavy atom. The van der Waals surface area contributed by atoms with Crippen LogP contribution in [-0.4, -0.2) is 45.5 Å². The fourth-order valence-electron chi connectivity index (χ4n) is 3.62. The molecule has 140 valence electrons. The number of nitrogens with zero attached hydrogens (tertiary/aromatic N) is 3. The van der Waals surface area contributed by atoms with Gasteiger partial charge in [-0.15, -0.1) is 12.4 Å². The van der Waals surface area contributed by atoms with Crippen molar-refractivity contribution in [3.63, 3.8) is 0 Å². The molecule has 0 spiro atoms. The second kappa shape index (κ2) is 8.18. The van der Waals surface area contributed by atoms with Crippen LogP contribution in [0, 0.1) is 0 Å². The van der Waals surface area contributed by atoms with Crippen LogP contribution in [-0.2, 0) is 11.3 Å². The van der Waals surface area contributed by atoms with E-state index in [4.69, 9.17) is 0 Å². The van der Waals surface area contributed by atoms with Gasteiger partial charge in [0.25, 0.3) is 5.56 Å². The lowest BCUT2D eigenvalue weighted by atomic mass is 10.2. The van der Waals surface area contributed by atoms with Gasteiger partial charge >= 0.3 is 0 Å². The molecule has 1 aliphatic carbocycles. The lowest BCUT2D eigenvalue weighted by Crippen LogP contribution is -2.42. The molecular weight excluding hydrogens is 352 g/mol. The van der Waals surface area contributed by atoms with E-state index in [1.54, 1.807) is 17.0 Å². The highest BCUT2D eigenvalue weighted by atomic mass is 35.5. The summed E-state index contributed by atoms with van der Waals surface area (Å²) < 4.78 is 1.55. The Bertz CT molecular complexity index is 828. The minimum atomic E-state index is -0.0752. The Labute approximate surface area is 159 Å². The molecule has 26 heavy (non-hydrogen) atoms. The van der Waals surface area contributed by atoms with Crippen molar-refractivity contribution >= 4 is 29.2 Å². The number of halogens is 1. The summed E-state index contributed by atoms with van der Waals surface area (Å²) in [6, 6.07) is 8.15. The third kappa shape index (κ3) is 4.07. The first-order chi connectivity index (χ1) is 12.2. The number of carbonyl (C=O) groups is 1. The summed E-state index contributed by atoms with van der Waals surface area (Å²) in [5.74, 6) is 0.149. The standard InChI is InChI=1S/C19H24N4O2.ClH/c24-18(23(15-7-8-15)12-14-4-3-10-20-14)9-11-22-13-21-17-6-2-1-5-16(17)19(22)25;/h1-2,5-6,13-15,20H,3-4,7-12H2;1H. The molecule has 2 fully saturated rings. The van der Waals surface area contributed by atoms with Crippen LogP contribution in [0.1, 0.15) is 32.1 Å². The molecule has 1 aromatic carbocycles. The number of aromatic nitrogens is 2. The minimum absolute atomic E-state index is 0. The van der Waals surface area contributed by atoms with E-state index < -0.39 is 0 Å². The quantitative estimate of drug-likeness (QED) is 0.836. The molecule has 1 amide bonds. The minimum Gasteiger partial charge on any atom is -0.338 e. The summed E-state index contributed by atoms with van der Waals surface area (Å²) in [5, 5.41) is 4.07. The van der Waals surface area contributed by atoms with Gasteiger partial charge in [-0.05, 0) is 44.4 Å². The van der Waals surface area contributed by atoms with E-state index in [1.807, 2.05) is 23.1 Å². The van der Waals surface area contributed by atoms with Gasteiger partial charge in [0.05, 0.1) is 17.2 Å². The summed E-state index contributed by atoms with van der Waals surface area (Å²) in [6.45, 7) is 2.24. The first-order valence-electron chi connectivity index (χ1n) is 9.19. The number of nitrogens with one attached hydrogen (secondary N) is 1. The number of benzene rings is 1. The van der Waals surface area contributed by atoms with Crippen LogP contribution in [0.3, 0.4) is 0 Å². The topological polar surface area (TPSA) is 67.2 Å². The third-order valence-corrected chi connectivity index (χ3v) is 5.19. The Balaban J connectivity index is 0.00000196. The molecule has 1 saturated carbocycles. The Morgan fingerprint density at radius 3 is 2.81 bits per heavy atom.